The SMILES string of the molecule is O=C(CNc1ccccc1[N+](=O)[O-])N1CCCC1c1ccc2c(c1)OCO2. The number of nitrogens with one attached hydrogen (secondary N) is 1. The fourth-order valence-electron chi connectivity index (χ4n) is 3.59. The van der Waals surface area contributed by atoms with Gasteiger partial charge in [0.05, 0.1) is 17.5 Å². The molecule has 2 aliphatic rings. The number of hydrogen-bond donors (Lipinski definition) is 1. The lowest BCUT2D eigenvalue weighted by atomic mass is 10.0. The highest BCUT2D eigenvalue weighted by Gasteiger charge is 2.31. The Kier molecular flexibility index (Phi) is 4.53. The zero-order valence-corrected chi connectivity index (χ0v) is 14.6. The van der Waals surface area contributed by atoms with Gasteiger partial charge in [0.25, 0.3) is 5.69 Å². The number of carbonyl (C=O) groups is 1. The second-order valence-corrected chi connectivity index (χ2v) is 6.49. The van der Waals surface area contributed by atoms with Gasteiger partial charge in [-0.3, -0.25) is 14.9 Å². The number of likely N-dealkylation sites (tertiary alicyclic amines) is 1. The molecule has 2 aliphatic heterocycles. The maximum atomic E-state index is 12.8. The number of hydrogen-bond acceptors (Lipinski definition) is 6. The molecule has 4 rings (SSSR count). The predicted octanol–water partition coefficient (Wildman–Crippen LogP) is 3.10. The number of nitro groups is 1. The molecule has 0 aliphatic carbocycles. The molecule has 8 heteroatoms. The quantitative estimate of drug-likeness (QED) is 0.643. The topological polar surface area (TPSA) is 93.9 Å². The van der Waals surface area contributed by atoms with Crippen molar-refractivity contribution in [3.63, 3.8) is 0 Å². The molecule has 0 radical (unpaired) electrons. The Balaban J connectivity index is 1.46. The van der Waals surface area contributed by atoms with Crippen molar-refractivity contribution in [2.45, 2.75) is 18.9 Å². The molecule has 1 fully saturated rings. The third-order valence-corrected chi connectivity index (χ3v) is 4.89. The van der Waals surface area contributed by atoms with Crippen molar-refractivity contribution in [1.82, 2.24) is 4.90 Å². The second kappa shape index (κ2) is 7.14. The van der Waals surface area contributed by atoms with Crippen LogP contribution in [0.1, 0.15) is 24.4 Å². The summed E-state index contributed by atoms with van der Waals surface area (Å²) in [5, 5.41) is 14.0. The minimum atomic E-state index is -0.460. The van der Waals surface area contributed by atoms with Crippen molar-refractivity contribution in [3.8, 4) is 11.5 Å². The van der Waals surface area contributed by atoms with E-state index in [9.17, 15) is 14.9 Å². The van der Waals surface area contributed by atoms with E-state index in [1.165, 1.54) is 6.07 Å². The maximum Gasteiger partial charge on any atom is 0.292 e. The lowest BCUT2D eigenvalue weighted by Gasteiger charge is -2.25. The number of para-hydroxylation sites is 2. The Morgan fingerprint density at radius 2 is 2.04 bits per heavy atom. The van der Waals surface area contributed by atoms with Crippen molar-refractivity contribution >= 4 is 17.3 Å². The van der Waals surface area contributed by atoms with Gasteiger partial charge in [0, 0.05) is 12.6 Å². The number of rotatable bonds is 5. The second-order valence-electron chi connectivity index (χ2n) is 6.49. The molecule has 0 bridgehead atoms. The van der Waals surface area contributed by atoms with Crippen molar-refractivity contribution in [1.29, 1.82) is 0 Å². The summed E-state index contributed by atoms with van der Waals surface area (Å²) in [6, 6.07) is 12.0. The molecule has 2 aromatic rings. The number of fused-ring (bicyclic) bond motifs is 1. The van der Waals surface area contributed by atoms with E-state index >= 15 is 0 Å². The highest BCUT2D eigenvalue weighted by atomic mass is 16.7. The largest absolute Gasteiger partial charge is 0.454 e. The molecule has 2 aromatic carbocycles. The first-order valence-corrected chi connectivity index (χ1v) is 8.80. The molecule has 27 heavy (non-hydrogen) atoms. The van der Waals surface area contributed by atoms with Crippen LogP contribution in [0.25, 0.3) is 0 Å². The van der Waals surface area contributed by atoms with Crippen LogP contribution in [0.15, 0.2) is 42.5 Å². The summed E-state index contributed by atoms with van der Waals surface area (Å²) in [6.07, 6.45) is 1.78. The number of benzene rings is 2. The van der Waals surface area contributed by atoms with Gasteiger partial charge in [-0.05, 0) is 36.6 Å². The summed E-state index contributed by atoms with van der Waals surface area (Å²) in [4.78, 5) is 25.2. The fourth-order valence-corrected chi connectivity index (χ4v) is 3.59. The third kappa shape index (κ3) is 3.38. The highest BCUT2D eigenvalue weighted by Crippen LogP contribution is 2.39. The molecule has 1 saturated heterocycles. The monoisotopic (exact) mass is 369 g/mol. The Bertz CT molecular complexity index is 885. The van der Waals surface area contributed by atoms with Gasteiger partial charge in [-0.2, -0.15) is 0 Å². The number of amides is 1. The Labute approximate surface area is 155 Å². The average Bonchev–Trinajstić information content (AvgIpc) is 3.34. The first-order valence-electron chi connectivity index (χ1n) is 8.80. The van der Waals surface area contributed by atoms with Crippen molar-refractivity contribution in [2.75, 3.05) is 25.2 Å². The Morgan fingerprint density at radius 3 is 2.89 bits per heavy atom. The smallest absolute Gasteiger partial charge is 0.292 e. The van der Waals surface area contributed by atoms with Gasteiger partial charge in [-0.25, -0.2) is 0 Å². The highest BCUT2D eigenvalue weighted by molar-refractivity contribution is 5.82. The minimum absolute atomic E-state index is 0.00586. The number of nitrogens with zero attached hydrogens (tertiary/aromatic N) is 2. The van der Waals surface area contributed by atoms with E-state index in [1.807, 2.05) is 23.1 Å². The van der Waals surface area contributed by atoms with Crippen LogP contribution in [0.5, 0.6) is 11.5 Å². The summed E-state index contributed by atoms with van der Waals surface area (Å²) in [6.45, 7) is 0.883. The number of nitro benzene ring substituents is 1. The summed E-state index contributed by atoms with van der Waals surface area (Å²) in [7, 11) is 0. The summed E-state index contributed by atoms with van der Waals surface area (Å²) in [5.41, 5.74) is 1.31. The molecule has 140 valence electrons. The third-order valence-electron chi connectivity index (χ3n) is 4.89. The van der Waals surface area contributed by atoms with E-state index < -0.39 is 4.92 Å². The standard InChI is InChI=1S/C19H19N3O5/c23-19(11-20-14-4-1-2-5-16(14)22(24)25)21-9-3-6-15(21)13-7-8-17-18(10-13)27-12-26-17/h1-2,4-5,7-8,10,15,20H,3,6,9,11-12H2. The van der Waals surface area contributed by atoms with Gasteiger partial charge in [-0.1, -0.05) is 18.2 Å². The van der Waals surface area contributed by atoms with Gasteiger partial charge in [0.2, 0.25) is 12.7 Å². The van der Waals surface area contributed by atoms with E-state index in [0.717, 1.165) is 18.4 Å². The molecule has 0 spiro atoms. The molecule has 1 atom stereocenters. The van der Waals surface area contributed by atoms with Crippen LogP contribution >= 0.6 is 0 Å². The van der Waals surface area contributed by atoms with Gasteiger partial charge in [0.15, 0.2) is 11.5 Å². The van der Waals surface area contributed by atoms with Crippen LogP contribution in [-0.4, -0.2) is 35.6 Å². The molecule has 8 nitrogen and oxygen atoms in total. The van der Waals surface area contributed by atoms with E-state index in [0.29, 0.717) is 23.7 Å². The normalized spacial score (nSPS) is 17.8. The average molecular weight is 369 g/mol. The number of ether oxygens (including phenoxy) is 2. The van der Waals surface area contributed by atoms with Crippen LogP contribution in [0.2, 0.25) is 0 Å². The maximum absolute atomic E-state index is 12.8. The molecular weight excluding hydrogens is 350 g/mol. The summed E-state index contributed by atoms with van der Waals surface area (Å²) >= 11 is 0. The van der Waals surface area contributed by atoms with Gasteiger partial charge >= 0.3 is 0 Å². The lowest BCUT2D eigenvalue weighted by molar-refractivity contribution is -0.383. The predicted molar refractivity (Wildman–Crippen MR) is 97.8 cm³/mol. The first-order chi connectivity index (χ1) is 13.1. The van der Waals surface area contributed by atoms with Crippen LogP contribution < -0.4 is 14.8 Å². The molecule has 0 aromatic heterocycles. The summed E-state index contributed by atoms with van der Waals surface area (Å²) < 4.78 is 10.8. The van der Waals surface area contributed by atoms with E-state index in [2.05, 4.69) is 5.32 Å². The van der Waals surface area contributed by atoms with E-state index in [4.69, 9.17) is 9.47 Å². The van der Waals surface area contributed by atoms with Crippen LogP contribution in [0.3, 0.4) is 0 Å². The fraction of sp³-hybridized carbons (Fsp3) is 0.316. The van der Waals surface area contributed by atoms with Crippen molar-refractivity contribution in [2.24, 2.45) is 0 Å². The van der Waals surface area contributed by atoms with Gasteiger partial charge in [-0.15, -0.1) is 0 Å². The Morgan fingerprint density at radius 1 is 1.22 bits per heavy atom. The van der Waals surface area contributed by atoms with Crippen LogP contribution in [0.4, 0.5) is 11.4 Å². The van der Waals surface area contributed by atoms with Crippen LogP contribution in [0, 0.1) is 10.1 Å². The van der Waals surface area contributed by atoms with Gasteiger partial charge < -0.3 is 19.7 Å². The molecule has 2 heterocycles. The molecular formula is C19H19N3O5. The van der Waals surface area contributed by atoms with Crippen molar-refractivity contribution < 1.29 is 19.2 Å². The summed E-state index contributed by atoms with van der Waals surface area (Å²) in [5.74, 6) is 1.32. The number of anilines is 1. The zero-order chi connectivity index (χ0) is 18.8. The van der Waals surface area contributed by atoms with Crippen molar-refractivity contribution in [3.05, 3.63) is 58.1 Å². The minimum Gasteiger partial charge on any atom is -0.454 e. The molecule has 1 amide bonds. The number of carbonyl (C=O) groups excluding carboxylic acids is 1. The lowest BCUT2D eigenvalue weighted by Crippen LogP contribution is -2.35. The molecule has 0 saturated carbocycles. The molecule has 1 N–H and O–H groups in total. The first kappa shape index (κ1) is 17.1. The van der Waals surface area contributed by atoms with Crippen LogP contribution in [-0.2, 0) is 4.79 Å². The van der Waals surface area contributed by atoms with E-state index in [-0.39, 0.29) is 31.0 Å². The molecule has 1 unspecified atom stereocenters. The zero-order valence-electron chi connectivity index (χ0n) is 14.6. The Hall–Kier alpha value is -3.29. The van der Waals surface area contributed by atoms with E-state index in [1.54, 1.807) is 18.2 Å². The van der Waals surface area contributed by atoms with Gasteiger partial charge in [0.1, 0.15) is 5.69 Å².